The summed E-state index contributed by atoms with van der Waals surface area (Å²) in [5.41, 5.74) is 3.66. The van der Waals surface area contributed by atoms with Gasteiger partial charge in [-0.1, -0.05) is 31.2 Å². The van der Waals surface area contributed by atoms with Crippen molar-refractivity contribution in [2.75, 3.05) is 24.6 Å². The van der Waals surface area contributed by atoms with Crippen molar-refractivity contribution in [1.82, 2.24) is 9.97 Å². The van der Waals surface area contributed by atoms with Crippen LogP contribution in [0.5, 0.6) is 0 Å². The molecule has 0 spiro atoms. The van der Waals surface area contributed by atoms with Crippen molar-refractivity contribution in [2.24, 2.45) is 5.92 Å². The summed E-state index contributed by atoms with van der Waals surface area (Å²) in [5.74, 6) is 0.733. The third kappa shape index (κ3) is 4.03. The van der Waals surface area contributed by atoms with E-state index in [1.807, 2.05) is 6.92 Å². The topological polar surface area (TPSA) is 55.3 Å². The van der Waals surface area contributed by atoms with Gasteiger partial charge in [0.15, 0.2) is 0 Å². The largest absolute Gasteiger partial charge is 0.466 e. The minimum absolute atomic E-state index is 0.0423. The number of carbonyl (C=O) groups excluding carboxylic acids is 1. The van der Waals surface area contributed by atoms with E-state index in [1.165, 1.54) is 21.6 Å². The van der Waals surface area contributed by atoms with E-state index in [9.17, 15) is 4.79 Å². The summed E-state index contributed by atoms with van der Waals surface area (Å²) in [6, 6.07) is 8.72. The number of hydrogen-bond acceptors (Lipinski definition) is 6. The van der Waals surface area contributed by atoms with Crippen LogP contribution in [0, 0.1) is 12.8 Å². The predicted octanol–water partition coefficient (Wildman–Crippen LogP) is 5.66. The first-order chi connectivity index (χ1) is 14.5. The molecule has 3 heterocycles. The quantitative estimate of drug-likeness (QED) is 0.376. The van der Waals surface area contributed by atoms with Crippen LogP contribution < -0.4 is 4.90 Å². The van der Waals surface area contributed by atoms with Gasteiger partial charge in [0.25, 0.3) is 0 Å². The van der Waals surface area contributed by atoms with Gasteiger partial charge < -0.3 is 9.64 Å². The lowest BCUT2D eigenvalue weighted by Gasteiger charge is -2.32. The highest BCUT2D eigenvalue weighted by Crippen LogP contribution is 2.43. The van der Waals surface area contributed by atoms with Gasteiger partial charge in [0.1, 0.15) is 10.6 Å². The van der Waals surface area contributed by atoms with Gasteiger partial charge in [0, 0.05) is 23.5 Å². The number of esters is 1. The van der Waals surface area contributed by atoms with Crippen molar-refractivity contribution in [2.45, 2.75) is 40.0 Å². The molecule has 0 radical (unpaired) electrons. The Hall–Kier alpha value is -2.18. The van der Waals surface area contributed by atoms with E-state index in [1.54, 1.807) is 11.3 Å². The average molecular weight is 444 g/mol. The number of benzene rings is 1. The highest BCUT2D eigenvalue weighted by atomic mass is 35.5. The van der Waals surface area contributed by atoms with Gasteiger partial charge in [-0.2, -0.15) is 4.98 Å². The molecule has 0 unspecified atom stereocenters. The van der Waals surface area contributed by atoms with E-state index >= 15 is 0 Å². The summed E-state index contributed by atoms with van der Waals surface area (Å²) in [4.78, 5) is 25.6. The maximum atomic E-state index is 12.1. The van der Waals surface area contributed by atoms with Gasteiger partial charge in [-0.05, 0) is 55.8 Å². The summed E-state index contributed by atoms with van der Waals surface area (Å²) in [7, 11) is 0. The number of aryl methyl sites for hydroxylation is 2. The number of ether oxygens (including phenoxy) is 1. The minimum Gasteiger partial charge on any atom is -0.466 e. The van der Waals surface area contributed by atoms with Crippen molar-refractivity contribution >= 4 is 44.9 Å². The van der Waals surface area contributed by atoms with Crippen LogP contribution in [0.1, 0.15) is 37.1 Å². The molecule has 30 heavy (non-hydrogen) atoms. The van der Waals surface area contributed by atoms with E-state index in [4.69, 9.17) is 16.3 Å². The molecule has 158 valence electrons. The van der Waals surface area contributed by atoms with E-state index < -0.39 is 0 Å². The lowest BCUT2D eigenvalue weighted by atomic mass is 9.96. The normalized spacial score (nSPS) is 15.0. The fourth-order valence-corrected chi connectivity index (χ4v) is 5.39. The number of carbonyl (C=O) groups is 1. The Morgan fingerprint density at radius 2 is 1.90 bits per heavy atom. The second-order valence-corrected chi connectivity index (χ2v) is 9.13. The molecule has 0 amide bonds. The molecule has 0 saturated carbocycles. The number of fused-ring (bicyclic) bond motifs is 1. The van der Waals surface area contributed by atoms with Crippen molar-refractivity contribution in [3.63, 3.8) is 0 Å². The molecule has 5 nitrogen and oxygen atoms in total. The summed E-state index contributed by atoms with van der Waals surface area (Å²) in [6.45, 7) is 8.05. The van der Waals surface area contributed by atoms with Crippen molar-refractivity contribution in [3.05, 3.63) is 40.0 Å². The maximum absolute atomic E-state index is 12.1. The summed E-state index contributed by atoms with van der Waals surface area (Å²) in [6.07, 6.45) is 2.53. The minimum atomic E-state index is -0.0916. The van der Waals surface area contributed by atoms with Crippen molar-refractivity contribution < 1.29 is 9.53 Å². The van der Waals surface area contributed by atoms with Gasteiger partial charge in [-0.3, -0.25) is 4.79 Å². The Balaban J connectivity index is 1.72. The zero-order valence-electron chi connectivity index (χ0n) is 17.6. The monoisotopic (exact) mass is 443 g/mol. The van der Waals surface area contributed by atoms with Crippen molar-refractivity contribution in [1.29, 1.82) is 0 Å². The molecule has 0 N–H and O–H groups in total. The summed E-state index contributed by atoms with van der Waals surface area (Å²) >= 11 is 7.95. The van der Waals surface area contributed by atoms with Crippen LogP contribution in [0.25, 0.3) is 21.3 Å². The van der Waals surface area contributed by atoms with Crippen LogP contribution >= 0.6 is 22.9 Å². The first kappa shape index (κ1) is 21.1. The van der Waals surface area contributed by atoms with Crippen LogP contribution in [0.2, 0.25) is 5.28 Å². The van der Waals surface area contributed by atoms with Crippen LogP contribution in [-0.4, -0.2) is 35.6 Å². The van der Waals surface area contributed by atoms with E-state index in [-0.39, 0.29) is 17.2 Å². The van der Waals surface area contributed by atoms with Crippen molar-refractivity contribution in [3.8, 4) is 11.1 Å². The number of rotatable bonds is 5. The highest BCUT2D eigenvalue weighted by Gasteiger charge is 2.29. The fraction of sp³-hybridized carbons (Fsp3) is 0.435. The Morgan fingerprint density at radius 1 is 1.20 bits per heavy atom. The third-order valence-electron chi connectivity index (χ3n) is 5.75. The molecule has 7 heteroatoms. The van der Waals surface area contributed by atoms with Gasteiger partial charge in [-0.15, -0.1) is 11.3 Å². The molecular formula is C23H26ClN3O2S. The Bertz CT molecular complexity index is 1060. The Labute approximate surface area is 186 Å². The number of nitrogens with zero attached hydrogens (tertiary/aromatic N) is 3. The van der Waals surface area contributed by atoms with E-state index in [2.05, 4.69) is 53.0 Å². The second kappa shape index (κ2) is 8.90. The third-order valence-corrected chi connectivity index (χ3v) is 6.91. The summed E-state index contributed by atoms with van der Waals surface area (Å²) < 4.78 is 5.21. The number of aromatic nitrogens is 2. The first-order valence-electron chi connectivity index (χ1n) is 10.5. The smallest absolute Gasteiger partial charge is 0.309 e. The van der Waals surface area contributed by atoms with Gasteiger partial charge in [0.05, 0.1) is 17.9 Å². The highest BCUT2D eigenvalue weighted by molar-refractivity contribution is 7.19. The zero-order chi connectivity index (χ0) is 21.3. The molecule has 1 fully saturated rings. The predicted molar refractivity (Wildman–Crippen MR) is 124 cm³/mol. The molecule has 2 aromatic heterocycles. The lowest BCUT2D eigenvalue weighted by molar-refractivity contribution is -0.148. The standard InChI is InChI=1S/C23H26ClN3O2S/c1-4-15-6-8-16(9-7-15)18-14(3)30-21-19(18)20(25-23(24)26-21)27-12-10-17(11-13-27)22(28)29-5-2/h6-9,17H,4-5,10-13H2,1-3H3. The van der Waals surface area contributed by atoms with E-state index in [0.717, 1.165) is 48.4 Å². The van der Waals surface area contributed by atoms with Gasteiger partial charge in [0.2, 0.25) is 5.28 Å². The number of thiophene rings is 1. The lowest BCUT2D eigenvalue weighted by Crippen LogP contribution is -2.37. The maximum Gasteiger partial charge on any atom is 0.309 e. The molecule has 0 aliphatic carbocycles. The van der Waals surface area contributed by atoms with Gasteiger partial charge >= 0.3 is 5.97 Å². The Morgan fingerprint density at radius 3 is 2.53 bits per heavy atom. The SMILES string of the molecule is CCOC(=O)C1CCN(c2nc(Cl)nc3sc(C)c(-c4ccc(CC)cc4)c23)CC1. The van der Waals surface area contributed by atoms with Crippen LogP contribution in [0.15, 0.2) is 24.3 Å². The molecule has 3 aromatic rings. The molecule has 1 aliphatic heterocycles. The van der Waals surface area contributed by atoms with Crippen LogP contribution in [0.4, 0.5) is 5.82 Å². The first-order valence-corrected chi connectivity index (χ1v) is 11.7. The average Bonchev–Trinajstić information content (AvgIpc) is 3.09. The fourth-order valence-electron chi connectivity index (χ4n) is 4.14. The molecular weight excluding hydrogens is 418 g/mol. The molecule has 4 rings (SSSR count). The van der Waals surface area contributed by atoms with E-state index in [0.29, 0.717) is 6.61 Å². The van der Waals surface area contributed by atoms with Crippen LogP contribution in [0.3, 0.4) is 0 Å². The molecule has 1 aromatic carbocycles. The number of hydrogen-bond donors (Lipinski definition) is 0. The molecule has 0 atom stereocenters. The summed E-state index contributed by atoms with van der Waals surface area (Å²) in [5, 5.41) is 1.32. The van der Waals surface area contributed by atoms with Gasteiger partial charge in [-0.25, -0.2) is 4.98 Å². The molecule has 1 saturated heterocycles. The number of anilines is 1. The number of piperidine rings is 1. The Kier molecular flexibility index (Phi) is 6.25. The second-order valence-electron chi connectivity index (χ2n) is 7.59. The molecule has 0 bridgehead atoms. The zero-order valence-corrected chi connectivity index (χ0v) is 19.1. The molecule has 1 aliphatic rings. The number of halogens is 1. The van der Waals surface area contributed by atoms with Crippen LogP contribution in [-0.2, 0) is 16.0 Å².